The van der Waals surface area contributed by atoms with Gasteiger partial charge in [0.2, 0.25) is 0 Å². The van der Waals surface area contributed by atoms with E-state index in [0.717, 1.165) is 31.2 Å². The highest BCUT2D eigenvalue weighted by Crippen LogP contribution is 2.22. The molecule has 1 amide bonds. The summed E-state index contributed by atoms with van der Waals surface area (Å²) in [4.78, 5) is 33.8. The van der Waals surface area contributed by atoms with Crippen molar-refractivity contribution >= 4 is 5.91 Å². The highest BCUT2D eigenvalue weighted by Gasteiger charge is 2.26. The number of likely N-dealkylation sites (tertiary alicyclic amines) is 1. The molecule has 1 N–H and O–H groups in total. The summed E-state index contributed by atoms with van der Waals surface area (Å²) in [5, 5.41) is 0. The van der Waals surface area contributed by atoms with E-state index < -0.39 is 0 Å². The number of piperidine rings is 1. The van der Waals surface area contributed by atoms with Crippen molar-refractivity contribution in [3.05, 3.63) is 63.6 Å². The van der Waals surface area contributed by atoms with Crippen LogP contribution in [0.3, 0.4) is 0 Å². The lowest BCUT2D eigenvalue weighted by Gasteiger charge is -2.32. The Morgan fingerprint density at radius 3 is 2.74 bits per heavy atom. The fourth-order valence-corrected chi connectivity index (χ4v) is 3.53. The molecule has 2 heterocycles. The van der Waals surface area contributed by atoms with Crippen molar-refractivity contribution in [3.63, 3.8) is 0 Å². The van der Waals surface area contributed by atoms with Gasteiger partial charge in [-0.3, -0.25) is 9.59 Å². The first-order valence-corrected chi connectivity index (χ1v) is 9.57. The van der Waals surface area contributed by atoms with Gasteiger partial charge in [0, 0.05) is 25.2 Å². The minimum Gasteiger partial charge on any atom is -0.338 e. The molecule has 0 radical (unpaired) electrons. The predicted molar refractivity (Wildman–Crippen MR) is 102 cm³/mol. The van der Waals surface area contributed by atoms with E-state index in [1.54, 1.807) is 4.90 Å². The molecule has 6 heteroatoms. The van der Waals surface area contributed by atoms with Crippen LogP contribution in [0.15, 0.2) is 35.3 Å². The minimum atomic E-state index is -0.368. The molecule has 1 unspecified atom stereocenters. The lowest BCUT2D eigenvalue weighted by molar-refractivity contribution is 0.0666. The Balaban J connectivity index is 1.62. The standard InChI is InChI=1S/C21H26FN3O2/c1-14(2)19-23-12-18(20(26)24-19)21(27)25-11-3-4-16(13-25)6-5-15-7-9-17(22)10-8-15/h7-10,12,14,16H,3-6,11,13H2,1-2H3,(H,23,24,26). The largest absolute Gasteiger partial charge is 0.338 e. The fourth-order valence-electron chi connectivity index (χ4n) is 3.53. The molecule has 1 atom stereocenters. The Bertz CT molecular complexity index is 845. The molecule has 0 aliphatic carbocycles. The highest BCUT2D eigenvalue weighted by atomic mass is 19.1. The third kappa shape index (κ3) is 4.81. The maximum Gasteiger partial charge on any atom is 0.263 e. The van der Waals surface area contributed by atoms with E-state index in [9.17, 15) is 14.0 Å². The number of H-pyrrole nitrogens is 1. The second-order valence-corrected chi connectivity index (χ2v) is 7.59. The number of amides is 1. The predicted octanol–water partition coefficient (Wildman–Crippen LogP) is 3.52. The number of aromatic nitrogens is 2. The normalized spacial score (nSPS) is 17.3. The van der Waals surface area contributed by atoms with E-state index in [1.165, 1.54) is 18.3 Å². The number of nitrogens with one attached hydrogen (secondary N) is 1. The van der Waals surface area contributed by atoms with Gasteiger partial charge in [-0.2, -0.15) is 0 Å². The van der Waals surface area contributed by atoms with E-state index in [2.05, 4.69) is 9.97 Å². The zero-order valence-corrected chi connectivity index (χ0v) is 15.9. The summed E-state index contributed by atoms with van der Waals surface area (Å²) in [6, 6.07) is 6.57. The number of carbonyl (C=O) groups is 1. The van der Waals surface area contributed by atoms with Gasteiger partial charge >= 0.3 is 0 Å². The molecule has 1 saturated heterocycles. The SMILES string of the molecule is CC(C)c1ncc(C(=O)N2CCCC(CCc3ccc(F)cc3)C2)c(=O)[nH]1. The van der Waals surface area contributed by atoms with Crippen molar-refractivity contribution in [2.45, 2.75) is 45.4 Å². The molecule has 1 aromatic heterocycles. The number of benzene rings is 1. The summed E-state index contributed by atoms with van der Waals surface area (Å²) in [5.74, 6) is 0.607. The van der Waals surface area contributed by atoms with Crippen molar-refractivity contribution in [1.82, 2.24) is 14.9 Å². The molecule has 1 aliphatic rings. The summed E-state index contributed by atoms with van der Waals surface area (Å²) in [6.45, 7) is 5.19. The zero-order chi connectivity index (χ0) is 19.4. The van der Waals surface area contributed by atoms with Gasteiger partial charge in [0.05, 0.1) is 0 Å². The summed E-state index contributed by atoms with van der Waals surface area (Å²) in [7, 11) is 0. The molecule has 27 heavy (non-hydrogen) atoms. The van der Waals surface area contributed by atoms with Crippen LogP contribution in [0, 0.1) is 11.7 Å². The average Bonchev–Trinajstić information content (AvgIpc) is 2.67. The van der Waals surface area contributed by atoms with Gasteiger partial charge < -0.3 is 9.88 Å². The summed E-state index contributed by atoms with van der Waals surface area (Å²) in [5.41, 5.74) is 0.843. The van der Waals surface area contributed by atoms with Crippen LogP contribution in [0.2, 0.25) is 0 Å². The van der Waals surface area contributed by atoms with Gasteiger partial charge in [0.15, 0.2) is 0 Å². The quantitative estimate of drug-likeness (QED) is 0.875. The van der Waals surface area contributed by atoms with Crippen molar-refractivity contribution < 1.29 is 9.18 Å². The van der Waals surface area contributed by atoms with E-state index in [-0.39, 0.29) is 28.8 Å². The molecule has 2 aromatic rings. The van der Waals surface area contributed by atoms with Crippen LogP contribution in [0.5, 0.6) is 0 Å². The van der Waals surface area contributed by atoms with E-state index in [1.807, 2.05) is 26.0 Å². The maximum atomic E-state index is 13.0. The summed E-state index contributed by atoms with van der Waals surface area (Å²) < 4.78 is 13.0. The number of rotatable bonds is 5. The van der Waals surface area contributed by atoms with E-state index >= 15 is 0 Å². The molecule has 5 nitrogen and oxygen atoms in total. The number of halogens is 1. The first-order chi connectivity index (χ1) is 12.9. The lowest BCUT2D eigenvalue weighted by atomic mass is 9.91. The number of hydrogen-bond donors (Lipinski definition) is 1. The number of hydrogen-bond acceptors (Lipinski definition) is 3. The Labute approximate surface area is 158 Å². The van der Waals surface area contributed by atoms with E-state index in [0.29, 0.717) is 24.8 Å². The van der Waals surface area contributed by atoms with Crippen LogP contribution >= 0.6 is 0 Å². The first kappa shape index (κ1) is 19.3. The van der Waals surface area contributed by atoms with Gasteiger partial charge in [-0.25, -0.2) is 9.37 Å². The summed E-state index contributed by atoms with van der Waals surface area (Å²) in [6.07, 6.45) is 5.19. The summed E-state index contributed by atoms with van der Waals surface area (Å²) >= 11 is 0. The molecule has 1 aromatic carbocycles. The molecular weight excluding hydrogens is 345 g/mol. The Morgan fingerprint density at radius 1 is 1.33 bits per heavy atom. The van der Waals surface area contributed by atoms with Crippen LogP contribution in [0.1, 0.15) is 60.8 Å². The van der Waals surface area contributed by atoms with Gasteiger partial charge in [-0.05, 0) is 49.3 Å². The Morgan fingerprint density at radius 2 is 2.07 bits per heavy atom. The van der Waals surface area contributed by atoms with Gasteiger partial charge in [-0.15, -0.1) is 0 Å². The molecule has 0 spiro atoms. The average molecular weight is 371 g/mol. The number of carbonyl (C=O) groups excluding carboxylic acids is 1. The lowest BCUT2D eigenvalue weighted by Crippen LogP contribution is -2.42. The second-order valence-electron chi connectivity index (χ2n) is 7.59. The highest BCUT2D eigenvalue weighted by molar-refractivity contribution is 5.93. The monoisotopic (exact) mass is 371 g/mol. The van der Waals surface area contributed by atoms with Crippen LogP contribution in [-0.4, -0.2) is 33.9 Å². The van der Waals surface area contributed by atoms with E-state index in [4.69, 9.17) is 0 Å². The third-order valence-corrected chi connectivity index (χ3v) is 5.16. The molecule has 0 saturated carbocycles. The van der Waals surface area contributed by atoms with Crippen LogP contribution in [0.4, 0.5) is 4.39 Å². The fraction of sp³-hybridized carbons (Fsp3) is 0.476. The van der Waals surface area contributed by atoms with Crippen LogP contribution < -0.4 is 5.56 Å². The maximum absolute atomic E-state index is 13.0. The zero-order valence-electron chi connectivity index (χ0n) is 15.9. The molecule has 0 bridgehead atoms. The van der Waals surface area contributed by atoms with Crippen LogP contribution in [0.25, 0.3) is 0 Å². The van der Waals surface area contributed by atoms with Gasteiger partial charge in [-0.1, -0.05) is 26.0 Å². The number of aromatic amines is 1. The molecule has 3 rings (SSSR count). The van der Waals surface area contributed by atoms with Gasteiger partial charge in [0.25, 0.3) is 11.5 Å². The Hall–Kier alpha value is -2.50. The Kier molecular flexibility index (Phi) is 6.04. The molecule has 1 fully saturated rings. The topological polar surface area (TPSA) is 66.1 Å². The first-order valence-electron chi connectivity index (χ1n) is 9.57. The second kappa shape index (κ2) is 8.46. The van der Waals surface area contributed by atoms with Crippen molar-refractivity contribution in [2.75, 3.05) is 13.1 Å². The number of aryl methyl sites for hydroxylation is 1. The van der Waals surface area contributed by atoms with Crippen LogP contribution in [-0.2, 0) is 6.42 Å². The molecule has 1 aliphatic heterocycles. The van der Waals surface area contributed by atoms with Crippen molar-refractivity contribution in [1.29, 1.82) is 0 Å². The minimum absolute atomic E-state index is 0.104. The van der Waals surface area contributed by atoms with Crippen molar-refractivity contribution in [3.8, 4) is 0 Å². The molecule has 144 valence electrons. The third-order valence-electron chi connectivity index (χ3n) is 5.16. The van der Waals surface area contributed by atoms with Crippen molar-refractivity contribution in [2.24, 2.45) is 5.92 Å². The molecular formula is C21H26FN3O2. The smallest absolute Gasteiger partial charge is 0.263 e. The van der Waals surface area contributed by atoms with Gasteiger partial charge in [0.1, 0.15) is 17.2 Å². The number of nitrogens with zero attached hydrogens (tertiary/aromatic N) is 2.